The molecule has 3 heteroatoms. The summed E-state index contributed by atoms with van der Waals surface area (Å²) in [7, 11) is 1.78. The number of hydrogen-bond acceptors (Lipinski definition) is 3. The number of hydrogen-bond donors (Lipinski definition) is 0. The summed E-state index contributed by atoms with van der Waals surface area (Å²) in [5, 5.41) is 0. The number of ether oxygens (including phenoxy) is 1. The standard InChI is InChI=1S/C30H40N2O/c1-7-14-22(4)32(20-24-15-11-10-12-16-24)21-27-23(5)31-28(19-29(27)33-6)30-25(8-2)17-13-18-26(30)9-3/h10-13,15-19,22H,7-9,14,20-21H2,1-6H3. The largest absolute Gasteiger partial charge is 0.496 e. The van der Waals surface area contributed by atoms with Crippen LogP contribution in [0.2, 0.25) is 0 Å². The summed E-state index contributed by atoms with van der Waals surface area (Å²) >= 11 is 0. The van der Waals surface area contributed by atoms with Crippen LogP contribution >= 0.6 is 0 Å². The van der Waals surface area contributed by atoms with Crippen LogP contribution in [0.15, 0.2) is 54.6 Å². The average Bonchev–Trinajstić information content (AvgIpc) is 2.84. The quantitative estimate of drug-likeness (QED) is 0.308. The van der Waals surface area contributed by atoms with E-state index < -0.39 is 0 Å². The van der Waals surface area contributed by atoms with Crippen LogP contribution in [0.3, 0.4) is 0 Å². The van der Waals surface area contributed by atoms with Crippen molar-refractivity contribution in [2.75, 3.05) is 7.11 Å². The highest BCUT2D eigenvalue weighted by Gasteiger charge is 2.21. The van der Waals surface area contributed by atoms with Gasteiger partial charge in [-0.25, -0.2) is 0 Å². The third kappa shape index (κ3) is 6.03. The van der Waals surface area contributed by atoms with Gasteiger partial charge in [0, 0.05) is 42.0 Å². The van der Waals surface area contributed by atoms with E-state index in [4.69, 9.17) is 9.72 Å². The molecule has 0 saturated heterocycles. The molecule has 1 unspecified atom stereocenters. The highest BCUT2D eigenvalue weighted by Crippen LogP contribution is 2.34. The molecule has 176 valence electrons. The van der Waals surface area contributed by atoms with Gasteiger partial charge in [-0.1, -0.05) is 75.7 Å². The number of pyridine rings is 1. The van der Waals surface area contributed by atoms with Gasteiger partial charge in [0.1, 0.15) is 5.75 Å². The van der Waals surface area contributed by atoms with Crippen LogP contribution in [0.1, 0.15) is 68.5 Å². The summed E-state index contributed by atoms with van der Waals surface area (Å²) in [6.45, 7) is 12.9. The summed E-state index contributed by atoms with van der Waals surface area (Å²) in [6, 6.07) is 20.0. The lowest BCUT2D eigenvalue weighted by Gasteiger charge is -2.30. The van der Waals surface area contributed by atoms with Crippen molar-refractivity contribution in [1.29, 1.82) is 0 Å². The molecule has 0 radical (unpaired) electrons. The Morgan fingerprint density at radius 3 is 2.15 bits per heavy atom. The van der Waals surface area contributed by atoms with Gasteiger partial charge in [0.25, 0.3) is 0 Å². The number of methoxy groups -OCH3 is 1. The van der Waals surface area contributed by atoms with Crippen LogP contribution < -0.4 is 4.74 Å². The SMILES string of the molecule is CCCC(C)N(Cc1ccccc1)Cc1c(OC)cc(-c2c(CC)cccc2CC)nc1C. The Balaban J connectivity index is 2.01. The van der Waals surface area contributed by atoms with Crippen LogP contribution in [0.25, 0.3) is 11.3 Å². The third-order valence-electron chi connectivity index (χ3n) is 6.68. The minimum absolute atomic E-state index is 0.478. The van der Waals surface area contributed by atoms with E-state index in [2.05, 4.69) is 94.1 Å². The fourth-order valence-corrected chi connectivity index (χ4v) is 4.73. The molecular weight excluding hydrogens is 404 g/mol. The zero-order valence-corrected chi connectivity index (χ0v) is 21.3. The van der Waals surface area contributed by atoms with Gasteiger partial charge < -0.3 is 4.74 Å². The number of benzene rings is 2. The van der Waals surface area contributed by atoms with Crippen molar-refractivity contribution in [3.63, 3.8) is 0 Å². The van der Waals surface area contributed by atoms with Crippen LogP contribution in [-0.4, -0.2) is 23.0 Å². The Bertz CT molecular complexity index is 1010. The summed E-state index contributed by atoms with van der Waals surface area (Å²) in [5.74, 6) is 0.937. The second-order valence-corrected chi connectivity index (χ2v) is 8.96. The summed E-state index contributed by atoms with van der Waals surface area (Å²) in [6.07, 6.45) is 4.33. The molecule has 0 N–H and O–H groups in total. The van der Waals surface area contributed by atoms with E-state index in [1.165, 1.54) is 40.7 Å². The predicted molar refractivity (Wildman–Crippen MR) is 140 cm³/mol. The lowest BCUT2D eigenvalue weighted by atomic mass is 9.94. The van der Waals surface area contributed by atoms with Gasteiger partial charge >= 0.3 is 0 Å². The summed E-state index contributed by atoms with van der Waals surface area (Å²) < 4.78 is 5.96. The summed E-state index contributed by atoms with van der Waals surface area (Å²) in [5.41, 5.74) is 8.57. The second-order valence-electron chi connectivity index (χ2n) is 8.96. The molecule has 0 fully saturated rings. The minimum atomic E-state index is 0.478. The van der Waals surface area contributed by atoms with E-state index >= 15 is 0 Å². The van der Waals surface area contributed by atoms with Crippen LogP contribution in [0, 0.1) is 6.92 Å². The molecule has 3 rings (SSSR count). The first kappa shape index (κ1) is 25.0. The topological polar surface area (TPSA) is 25.4 Å². The maximum atomic E-state index is 5.96. The zero-order chi connectivity index (χ0) is 23.8. The van der Waals surface area contributed by atoms with Crippen LogP contribution in [-0.2, 0) is 25.9 Å². The molecule has 0 aliphatic rings. The fourth-order valence-electron chi connectivity index (χ4n) is 4.73. The fraction of sp³-hybridized carbons (Fsp3) is 0.433. The maximum Gasteiger partial charge on any atom is 0.127 e. The molecule has 3 aromatic rings. The van der Waals surface area contributed by atoms with Gasteiger partial charge in [-0.05, 0) is 49.8 Å². The highest BCUT2D eigenvalue weighted by molar-refractivity contribution is 5.70. The number of aryl methyl sites for hydroxylation is 3. The van der Waals surface area contributed by atoms with Gasteiger partial charge in [0.15, 0.2) is 0 Å². The Labute approximate surface area is 200 Å². The van der Waals surface area contributed by atoms with E-state index in [1.807, 2.05) is 0 Å². The van der Waals surface area contributed by atoms with E-state index in [0.29, 0.717) is 6.04 Å². The number of nitrogens with zero attached hydrogens (tertiary/aromatic N) is 2. The lowest BCUT2D eigenvalue weighted by molar-refractivity contribution is 0.178. The normalized spacial score (nSPS) is 12.2. The Hall–Kier alpha value is -2.65. The van der Waals surface area contributed by atoms with Crippen LogP contribution in [0.5, 0.6) is 5.75 Å². The molecule has 0 spiro atoms. The molecule has 0 aliphatic heterocycles. The Morgan fingerprint density at radius 1 is 0.909 bits per heavy atom. The molecule has 2 aromatic carbocycles. The monoisotopic (exact) mass is 444 g/mol. The minimum Gasteiger partial charge on any atom is -0.496 e. The molecule has 0 saturated carbocycles. The van der Waals surface area contributed by atoms with Crippen molar-refractivity contribution in [1.82, 2.24) is 9.88 Å². The molecule has 1 heterocycles. The predicted octanol–water partition coefficient (Wildman–Crippen LogP) is 7.38. The average molecular weight is 445 g/mol. The molecule has 3 nitrogen and oxygen atoms in total. The van der Waals surface area contributed by atoms with Gasteiger partial charge in [0.2, 0.25) is 0 Å². The first-order chi connectivity index (χ1) is 16.0. The maximum absolute atomic E-state index is 5.96. The first-order valence-electron chi connectivity index (χ1n) is 12.5. The number of rotatable bonds is 11. The second kappa shape index (κ2) is 12.0. The molecule has 0 aliphatic carbocycles. The van der Waals surface area contributed by atoms with Crippen molar-refractivity contribution in [2.24, 2.45) is 0 Å². The molecular formula is C30H40N2O. The van der Waals surface area contributed by atoms with Crippen molar-refractivity contribution in [3.8, 4) is 17.0 Å². The van der Waals surface area contributed by atoms with E-state index in [0.717, 1.165) is 43.1 Å². The third-order valence-corrected chi connectivity index (χ3v) is 6.68. The highest BCUT2D eigenvalue weighted by atomic mass is 16.5. The van der Waals surface area contributed by atoms with Crippen molar-refractivity contribution in [3.05, 3.63) is 82.5 Å². The van der Waals surface area contributed by atoms with Gasteiger partial charge in [-0.15, -0.1) is 0 Å². The van der Waals surface area contributed by atoms with E-state index in [1.54, 1.807) is 7.11 Å². The molecule has 0 amide bonds. The van der Waals surface area contributed by atoms with Crippen molar-refractivity contribution < 1.29 is 4.74 Å². The van der Waals surface area contributed by atoms with E-state index in [-0.39, 0.29) is 0 Å². The Morgan fingerprint density at radius 2 is 1.58 bits per heavy atom. The van der Waals surface area contributed by atoms with Gasteiger partial charge in [0.05, 0.1) is 12.8 Å². The molecule has 1 aromatic heterocycles. The van der Waals surface area contributed by atoms with Crippen LogP contribution in [0.4, 0.5) is 0 Å². The summed E-state index contributed by atoms with van der Waals surface area (Å²) in [4.78, 5) is 7.69. The Kier molecular flexibility index (Phi) is 9.08. The van der Waals surface area contributed by atoms with Crippen molar-refractivity contribution in [2.45, 2.75) is 79.4 Å². The molecule has 1 atom stereocenters. The van der Waals surface area contributed by atoms with Gasteiger partial charge in [-0.3, -0.25) is 9.88 Å². The van der Waals surface area contributed by atoms with E-state index in [9.17, 15) is 0 Å². The molecule has 33 heavy (non-hydrogen) atoms. The zero-order valence-electron chi connectivity index (χ0n) is 21.3. The van der Waals surface area contributed by atoms with Crippen molar-refractivity contribution >= 4 is 0 Å². The van der Waals surface area contributed by atoms with Gasteiger partial charge in [-0.2, -0.15) is 0 Å². The molecule has 0 bridgehead atoms. The smallest absolute Gasteiger partial charge is 0.127 e. The first-order valence-corrected chi connectivity index (χ1v) is 12.5. The number of aromatic nitrogens is 1. The lowest BCUT2D eigenvalue weighted by Crippen LogP contribution is -2.32.